The number of hydrogen-bond donors (Lipinski definition) is 1. The molecule has 0 bridgehead atoms. The van der Waals surface area contributed by atoms with Gasteiger partial charge < -0.3 is 5.73 Å². The lowest BCUT2D eigenvalue weighted by molar-refractivity contribution is 0.0847. The van der Waals surface area contributed by atoms with Gasteiger partial charge in [-0.3, -0.25) is 4.79 Å². The number of hydrogen-bond acceptors (Lipinski definition) is 2. The van der Waals surface area contributed by atoms with Gasteiger partial charge in [-0.15, -0.1) is 0 Å². The van der Waals surface area contributed by atoms with Crippen LogP contribution in [0.25, 0.3) is 0 Å². The summed E-state index contributed by atoms with van der Waals surface area (Å²) in [7, 11) is 0. The van der Waals surface area contributed by atoms with Gasteiger partial charge in [0.1, 0.15) is 0 Å². The molecule has 0 unspecified atom stereocenters. The zero-order valence-corrected chi connectivity index (χ0v) is 12.1. The standard InChI is InChI=1S/C17H25NO/c1-17(2,12-18)16(19)15-10-8-14(9-11-15)13-6-4-3-5-7-13/h8-11,13H,3-7,12,18H2,1-2H3. The third kappa shape index (κ3) is 3.24. The van der Waals surface area contributed by atoms with Crippen LogP contribution in [0.15, 0.2) is 24.3 Å². The zero-order valence-electron chi connectivity index (χ0n) is 12.1. The molecule has 0 amide bonds. The Balaban J connectivity index is 2.12. The minimum Gasteiger partial charge on any atom is -0.329 e. The van der Waals surface area contributed by atoms with Crippen molar-refractivity contribution in [3.63, 3.8) is 0 Å². The van der Waals surface area contributed by atoms with E-state index in [1.165, 1.54) is 37.7 Å². The van der Waals surface area contributed by atoms with E-state index >= 15 is 0 Å². The van der Waals surface area contributed by atoms with Crippen molar-refractivity contribution in [2.45, 2.75) is 51.9 Å². The minimum atomic E-state index is -0.466. The first-order chi connectivity index (χ1) is 9.04. The molecule has 2 N–H and O–H groups in total. The average molecular weight is 259 g/mol. The topological polar surface area (TPSA) is 43.1 Å². The summed E-state index contributed by atoms with van der Waals surface area (Å²) in [6, 6.07) is 8.22. The predicted molar refractivity (Wildman–Crippen MR) is 79.4 cm³/mol. The van der Waals surface area contributed by atoms with E-state index in [1.807, 2.05) is 26.0 Å². The minimum absolute atomic E-state index is 0.144. The second-order valence-electron chi connectivity index (χ2n) is 6.37. The van der Waals surface area contributed by atoms with Crippen LogP contribution >= 0.6 is 0 Å². The number of benzene rings is 1. The van der Waals surface area contributed by atoms with Crippen LogP contribution in [-0.2, 0) is 0 Å². The maximum absolute atomic E-state index is 12.3. The van der Waals surface area contributed by atoms with Crippen molar-refractivity contribution >= 4 is 5.78 Å². The third-order valence-corrected chi connectivity index (χ3v) is 4.37. The predicted octanol–water partition coefficient (Wildman–Crippen LogP) is 3.90. The van der Waals surface area contributed by atoms with Crippen molar-refractivity contribution in [1.82, 2.24) is 0 Å². The summed E-state index contributed by atoms with van der Waals surface area (Å²) in [5, 5.41) is 0. The fraction of sp³-hybridized carbons (Fsp3) is 0.588. The van der Waals surface area contributed by atoms with E-state index in [9.17, 15) is 4.79 Å². The van der Waals surface area contributed by atoms with Crippen LogP contribution in [0.5, 0.6) is 0 Å². The quantitative estimate of drug-likeness (QED) is 0.833. The molecule has 1 aliphatic carbocycles. The van der Waals surface area contributed by atoms with E-state index in [0.717, 1.165) is 5.56 Å². The van der Waals surface area contributed by atoms with Crippen LogP contribution in [-0.4, -0.2) is 12.3 Å². The fourth-order valence-corrected chi connectivity index (χ4v) is 2.83. The highest BCUT2D eigenvalue weighted by molar-refractivity contribution is 6.00. The molecule has 1 aliphatic rings. The van der Waals surface area contributed by atoms with Gasteiger partial charge in [0.2, 0.25) is 0 Å². The average Bonchev–Trinajstić information content (AvgIpc) is 2.47. The van der Waals surface area contributed by atoms with Crippen molar-refractivity contribution in [1.29, 1.82) is 0 Å². The smallest absolute Gasteiger partial charge is 0.169 e. The Labute approximate surface area is 116 Å². The molecule has 0 atom stereocenters. The number of carbonyl (C=O) groups is 1. The van der Waals surface area contributed by atoms with Crippen molar-refractivity contribution in [2.24, 2.45) is 11.1 Å². The van der Waals surface area contributed by atoms with Gasteiger partial charge in [0.05, 0.1) is 0 Å². The van der Waals surface area contributed by atoms with Gasteiger partial charge in [-0.25, -0.2) is 0 Å². The fourth-order valence-electron chi connectivity index (χ4n) is 2.83. The van der Waals surface area contributed by atoms with E-state index in [4.69, 9.17) is 5.73 Å². The molecule has 1 saturated carbocycles. The maximum Gasteiger partial charge on any atom is 0.169 e. The van der Waals surface area contributed by atoms with E-state index in [0.29, 0.717) is 12.5 Å². The monoisotopic (exact) mass is 259 g/mol. The van der Waals surface area contributed by atoms with Crippen molar-refractivity contribution < 1.29 is 4.79 Å². The Bertz CT molecular complexity index is 427. The highest BCUT2D eigenvalue weighted by Crippen LogP contribution is 2.33. The van der Waals surface area contributed by atoms with E-state index < -0.39 is 5.41 Å². The van der Waals surface area contributed by atoms with Gasteiger partial charge in [-0.1, -0.05) is 57.4 Å². The summed E-state index contributed by atoms with van der Waals surface area (Å²) in [5.74, 6) is 0.839. The summed E-state index contributed by atoms with van der Waals surface area (Å²) in [4.78, 5) is 12.3. The van der Waals surface area contributed by atoms with Gasteiger partial charge in [0.15, 0.2) is 5.78 Å². The van der Waals surface area contributed by atoms with Crippen LogP contribution in [0.4, 0.5) is 0 Å². The lowest BCUT2D eigenvalue weighted by Gasteiger charge is -2.23. The Morgan fingerprint density at radius 3 is 2.26 bits per heavy atom. The van der Waals surface area contributed by atoms with Gasteiger partial charge >= 0.3 is 0 Å². The summed E-state index contributed by atoms with van der Waals surface area (Å²) in [5.41, 5.74) is 7.38. The van der Waals surface area contributed by atoms with Crippen LogP contribution in [0.1, 0.15) is 67.8 Å². The Morgan fingerprint density at radius 2 is 1.74 bits per heavy atom. The van der Waals surface area contributed by atoms with Crippen LogP contribution in [0.3, 0.4) is 0 Å². The number of nitrogens with two attached hydrogens (primary N) is 1. The van der Waals surface area contributed by atoms with E-state index in [2.05, 4.69) is 12.1 Å². The molecule has 0 aromatic heterocycles. The maximum atomic E-state index is 12.3. The lowest BCUT2D eigenvalue weighted by Crippen LogP contribution is -2.32. The zero-order chi connectivity index (χ0) is 13.9. The summed E-state index contributed by atoms with van der Waals surface area (Å²) in [6.45, 7) is 4.20. The highest BCUT2D eigenvalue weighted by Gasteiger charge is 2.27. The number of rotatable bonds is 4. The third-order valence-electron chi connectivity index (χ3n) is 4.37. The van der Waals surface area contributed by atoms with Gasteiger partial charge in [-0.2, -0.15) is 0 Å². The van der Waals surface area contributed by atoms with Gasteiger partial charge in [-0.05, 0) is 24.3 Å². The Hall–Kier alpha value is -1.15. The van der Waals surface area contributed by atoms with Crippen molar-refractivity contribution in [3.8, 4) is 0 Å². The van der Waals surface area contributed by atoms with Gasteiger partial charge in [0.25, 0.3) is 0 Å². The molecule has 1 aromatic rings. The largest absolute Gasteiger partial charge is 0.329 e. The number of carbonyl (C=O) groups excluding carboxylic acids is 1. The molecular formula is C17H25NO. The Kier molecular flexibility index (Phi) is 4.41. The molecule has 104 valence electrons. The van der Waals surface area contributed by atoms with Crippen LogP contribution < -0.4 is 5.73 Å². The molecule has 2 nitrogen and oxygen atoms in total. The first kappa shape index (κ1) is 14.3. The molecule has 0 aliphatic heterocycles. The molecule has 2 heteroatoms. The molecular weight excluding hydrogens is 234 g/mol. The SMILES string of the molecule is CC(C)(CN)C(=O)c1ccc(C2CCCCC2)cc1. The number of Topliss-reactive ketones (excluding diaryl/α,β-unsaturated/α-hetero) is 1. The summed E-state index contributed by atoms with van der Waals surface area (Å²) in [6.07, 6.45) is 6.64. The van der Waals surface area contributed by atoms with Gasteiger partial charge in [0, 0.05) is 17.5 Å². The molecule has 0 heterocycles. The summed E-state index contributed by atoms with van der Waals surface area (Å²) >= 11 is 0. The second kappa shape index (κ2) is 5.87. The molecule has 1 fully saturated rings. The summed E-state index contributed by atoms with van der Waals surface area (Å²) < 4.78 is 0. The Morgan fingerprint density at radius 1 is 1.16 bits per heavy atom. The first-order valence-electron chi connectivity index (χ1n) is 7.39. The lowest BCUT2D eigenvalue weighted by atomic mass is 9.81. The number of ketones is 1. The molecule has 19 heavy (non-hydrogen) atoms. The molecule has 2 rings (SSSR count). The molecule has 0 spiro atoms. The van der Waals surface area contributed by atoms with E-state index in [1.54, 1.807) is 0 Å². The normalized spacial score (nSPS) is 17.4. The second-order valence-corrected chi connectivity index (χ2v) is 6.37. The van der Waals surface area contributed by atoms with Crippen molar-refractivity contribution in [3.05, 3.63) is 35.4 Å². The van der Waals surface area contributed by atoms with E-state index in [-0.39, 0.29) is 5.78 Å². The molecule has 0 saturated heterocycles. The highest BCUT2D eigenvalue weighted by atomic mass is 16.1. The van der Waals surface area contributed by atoms with Crippen LogP contribution in [0, 0.1) is 5.41 Å². The molecule has 0 radical (unpaired) electrons. The van der Waals surface area contributed by atoms with Crippen molar-refractivity contribution in [2.75, 3.05) is 6.54 Å². The van der Waals surface area contributed by atoms with Crippen LogP contribution in [0.2, 0.25) is 0 Å². The first-order valence-corrected chi connectivity index (χ1v) is 7.39. The molecule has 1 aromatic carbocycles.